The number of nitro benzene ring substituents is 1. The van der Waals surface area contributed by atoms with Gasteiger partial charge in [-0.1, -0.05) is 48.5 Å². The summed E-state index contributed by atoms with van der Waals surface area (Å²) in [4.78, 5) is 54.7. The van der Waals surface area contributed by atoms with Crippen molar-refractivity contribution < 1.29 is 19.3 Å². The molecule has 1 fully saturated rings. The van der Waals surface area contributed by atoms with E-state index in [0.717, 1.165) is 4.90 Å². The summed E-state index contributed by atoms with van der Waals surface area (Å²) >= 11 is 0. The number of benzene rings is 3. The highest BCUT2D eigenvalue weighted by atomic mass is 16.6. The first-order chi connectivity index (χ1) is 16.8. The number of amides is 4. The maximum atomic E-state index is 14.3. The molecule has 5 rings (SSSR count). The zero-order chi connectivity index (χ0) is 24.9. The van der Waals surface area contributed by atoms with Crippen LogP contribution in [0.15, 0.2) is 72.8 Å². The lowest BCUT2D eigenvalue weighted by atomic mass is 9.66. The third-order valence-corrected chi connectivity index (χ3v) is 6.86. The second-order valence-corrected chi connectivity index (χ2v) is 8.83. The summed E-state index contributed by atoms with van der Waals surface area (Å²) < 4.78 is 0. The van der Waals surface area contributed by atoms with Crippen LogP contribution in [0, 0.1) is 22.5 Å². The predicted molar refractivity (Wildman–Crippen MR) is 129 cm³/mol. The lowest BCUT2D eigenvalue weighted by Gasteiger charge is -2.51. The Balaban J connectivity index is 1.76. The molecule has 1 N–H and O–H groups in total. The van der Waals surface area contributed by atoms with Gasteiger partial charge in [-0.15, -0.1) is 0 Å². The minimum atomic E-state index is -1.74. The summed E-state index contributed by atoms with van der Waals surface area (Å²) in [6.45, 7) is 1.78. The van der Waals surface area contributed by atoms with Gasteiger partial charge in [-0.25, -0.2) is 9.69 Å². The van der Waals surface area contributed by atoms with Gasteiger partial charge < -0.3 is 4.90 Å². The van der Waals surface area contributed by atoms with Gasteiger partial charge in [0.05, 0.1) is 16.7 Å². The Labute approximate surface area is 201 Å². The molecule has 4 amide bonds. The third kappa shape index (κ3) is 3.27. The topological polar surface area (TPSA) is 113 Å². The quantitative estimate of drug-likeness (QED) is 0.353. The fourth-order valence-electron chi connectivity index (χ4n) is 5.26. The van der Waals surface area contributed by atoms with Crippen LogP contribution in [-0.4, -0.2) is 29.8 Å². The van der Waals surface area contributed by atoms with Gasteiger partial charge in [0, 0.05) is 31.3 Å². The van der Waals surface area contributed by atoms with E-state index in [-0.39, 0.29) is 12.1 Å². The fraction of sp³-hybridized carbons (Fsp3) is 0.192. The van der Waals surface area contributed by atoms with Crippen LogP contribution < -0.4 is 15.1 Å². The summed E-state index contributed by atoms with van der Waals surface area (Å²) in [5.41, 5.74) is 1.06. The van der Waals surface area contributed by atoms with Crippen LogP contribution in [0.2, 0.25) is 0 Å². The summed E-state index contributed by atoms with van der Waals surface area (Å²) in [5, 5.41) is 13.9. The largest absolute Gasteiger partial charge is 0.366 e. The molecule has 0 aliphatic carbocycles. The standard InChI is InChI=1S/C26H22N4O5/c1-16-8-6-7-11-20(16)29-24(32)26(23(31)27-25(29)33)15-18-14-19(30(34)35)12-13-21(18)28(2)22(26)17-9-4-3-5-10-17/h3-14,22H,15H2,1-2H3,(H,27,31,33). The van der Waals surface area contributed by atoms with E-state index in [9.17, 15) is 24.5 Å². The molecular formula is C26H22N4O5. The van der Waals surface area contributed by atoms with Gasteiger partial charge in [0.25, 0.3) is 11.6 Å². The highest BCUT2D eigenvalue weighted by Crippen LogP contribution is 2.52. The molecule has 9 nitrogen and oxygen atoms in total. The molecule has 176 valence electrons. The van der Waals surface area contributed by atoms with Crippen molar-refractivity contribution in [3.8, 4) is 0 Å². The van der Waals surface area contributed by atoms with Crippen LogP contribution in [0.1, 0.15) is 22.7 Å². The van der Waals surface area contributed by atoms with Gasteiger partial charge in [0.1, 0.15) is 0 Å². The smallest absolute Gasteiger partial charge is 0.335 e. The van der Waals surface area contributed by atoms with Crippen molar-refractivity contribution in [2.24, 2.45) is 5.41 Å². The molecule has 0 saturated carbocycles. The number of carbonyl (C=O) groups excluding carboxylic acids is 3. The number of fused-ring (bicyclic) bond motifs is 1. The molecule has 2 heterocycles. The number of carbonyl (C=O) groups is 3. The summed E-state index contributed by atoms with van der Waals surface area (Å²) in [6, 6.07) is 18.9. The van der Waals surface area contributed by atoms with E-state index in [1.165, 1.54) is 12.1 Å². The first-order valence-corrected chi connectivity index (χ1v) is 11.1. The number of anilines is 2. The van der Waals surface area contributed by atoms with Gasteiger partial charge in [-0.05, 0) is 35.7 Å². The summed E-state index contributed by atoms with van der Waals surface area (Å²) in [7, 11) is 1.75. The molecule has 3 aromatic carbocycles. The van der Waals surface area contributed by atoms with E-state index in [1.807, 2.05) is 30.3 Å². The number of aryl methyl sites for hydroxylation is 1. The molecule has 0 radical (unpaired) electrons. The molecular weight excluding hydrogens is 448 g/mol. The molecule has 35 heavy (non-hydrogen) atoms. The molecule has 2 atom stereocenters. The average Bonchev–Trinajstić information content (AvgIpc) is 2.84. The first-order valence-electron chi connectivity index (χ1n) is 11.1. The molecule has 2 unspecified atom stereocenters. The third-order valence-electron chi connectivity index (χ3n) is 6.86. The van der Waals surface area contributed by atoms with Crippen molar-refractivity contribution in [1.29, 1.82) is 0 Å². The normalized spacial score (nSPS) is 21.7. The number of hydrogen-bond donors (Lipinski definition) is 1. The van der Waals surface area contributed by atoms with Crippen molar-refractivity contribution in [2.45, 2.75) is 19.4 Å². The molecule has 1 saturated heterocycles. The average molecular weight is 470 g/mol. The van der Waals surface area contributed by atoms with E-state index >= 15 is 0 Å². The number of urea groups is 1. The summed E-state index contributed by atoms with van der Waals surface area (Å²) in [5.74, 6) is -1.39. The number of para-hydroxylation sites is 1. The van der Waals surface area contributed by atoms with Crippen molar-refractivity contribution in [3.05, 3.63) is 99.6 Å². The SMILES string of the molecule is Cc1ccccc1N1C(=O)NC(=O)C2(Cc3cc([N+](=O)[O-])ccc3N(C)C2c2ccccc2)C1=O. The molecule has 3 aromatic rings. The van der Waals surface area contributed by atoms with Crippen LogP contribution >= 0.6 is 0 Å². The van der Waals surface area contributed by atoms with Crippen molar-refractivity contribution in [1.82, 2.24) is 5.32 Å². The Morgan fingerprint density at radius 3 is 2.34 bits per heavy atom. The lowest BCUT2D eigenvalue weighted by Crippen LogP contribution is -2.69. The Morgan fingerprint density at radius 2 is 1.66 bits per heavy atom. The summed E-state index contributed by atoms with van der Waals surface area (Å²) in [6.07, 6.45) is -0.103. The molecule has 1 spiro atoms. The Hall–Kier alpha value is -4.53. The van der Waals surface area contributed by atoms with Crippen LogP contribution in [0.5, 0.6) is 0 Å². The number of nitrogens with one attached hydrogen (secondary N) is 1. The van der Waals surface area contributed by atoms with Gasteiger partial charge in [0.15, 0.2) is 5.41 Å². The molecule has 0 bridgehead atoms. The minimum Gasteiger partial charge on any atom is -0.366 e. The van der Waals surface area contributed by atoms with Crippen molar-refractivity contribution in [2.75, 3.05) is 16.8 Å². The van der Waals surface area contributed by atoms with Crippen LogP contribution in [0.25, 0.3) is 0 Å². The van der Waals surface area contributed by atoms with Crippen LogP contribution in [0.4, 0.5) is 21.9 Å². The lowest BCUT2D eigenvalue weighted by molar-refractivity contribution is -0.384. The van der Waals surface area contributed by atoms with Crippen molar-refractivity contribution >= 4 is 34.9 Å². The van der Waals surface area contributed by atoms with Gasteiger partial charge in [-0.3, -0.25) is 25.0 Å². The zero-order valence-corrected chi connectivity index (χ0v) is 19.1. The Bertz CT molecular complexity index is 1390. The highest BCUT2D eigenvalue weighted by molar-refractivity contribution is 6.31. The monoisotopic (exact) mass is 470 g/mol. The van der Waals surface area contributed by atoms with Crippen LogP contribution in [-0.2, 0) is 16.0 Å². The number of barbiturate groups is 1. The zero-order valence-electron chi connectivity index (χ0n) is 19.1. The number of nitro groups is 1. The van der Waals surface area contributed by atoms with Gasteiger partial charge in [0.2, 0.25) is 5.91 Å². The number of nitrogens with zero attached hydrogens (tertiary/aromatic N) is 3. The van der Waals surface area contributed by atoms with Crippen molar-refractivity contribution in [3.63, 3.8) is 0 Å². The number of non-ortho nitro benzene ring substituents is 1. The number of rotatable bonds is 3. The Kier molecular flexibility index (Phi) is 5.12. The maximum absolute atomic E-state index is 14.3. The number of imide groups is 2. The number of hydrogen-bond acceptors (Lipinski definition) is 6. The van der Waals surface area contributed by atoms with E-state index in [0.29, 0.717) is 28.1 Å². The fourth-order valence-corrected chi connectivity index (χ4v) is 5.26. The second kappa shape index (κ2) is 8.05. The molecule has 2 aliphatic rings. The molecule has 9 heteroatoms. The van der Waals surface area contributed by atoms with E-state index in [4.69, 9.17) is 0 Å². The minimum absolute atomic E-state index is 0.103. The van der Waals surface area contributed by atoms with Gasteiger partial charge >= 0.3 is 6.03 Å². The molecule has 2 aliphatic heterocycles. The van der Waals surface area contributed by atoms with E-state index in [2.05, 4.69) is 5.32 Å². The highest BCUT2D eigenvalue weighted by Gasteiger charge is 2.62. The van der Waals surface area contributed by atoms with Gasteiger partial charge in [-0.2, -0.15) is 0 Å². The maximum Gasteiger partial charge on any atom is 0.335 e. The molecule has 0 aromatic heterocycles. The predicted octanol–water partition coefficient (Wildman–Crippen LogP) is 3.91. The Morgan fingerprint density at radius 1 is 0.971 bits per heavy atom. The van der Waals surface area contributed by atoms with E-state index < -0.39 is 34.2 Å². The van der Waals surface area contributed by atoms with E-state index in [1.54, 1.807) is 49.2 Å². The first kappa shape index (κ1) is 22.3. The van der Waals surface area contributed by atoms with Crippen LogP contribution in [0.3, 0.4) is 0 Å². The second-order valence-electron chi connectivity index (χ2n) is 8.83.